The largest absolute Gasteiger partial charge is 0.354 e. The predicted octanol–water partition coefficient (Wildman–Crippen LogP) is -0.441. The Labute approximate surface area is 105 Å². The smallest absolute Gasteiger partial charge is 0.239 e. The van der Waals surface area contributed by atoms with E-state index in [1.54, 1.807) is 18.2 Å². The summed E-state index contributed by atoms with van der Waals surface area (Å²) in [6.45, 7) is 0.0497. The van der Waals surface area contributed by atoms with Crippen LogP contribution in [-0.4, -0.2) is 31.4 Å². The van der Waals surface area contributed by atoms with E-state index >= 15 is 0 Å². The zero-order valence-corrected chi connectivity index (χ0v) is 9.91. The molecule has 0 saturated heterocycles. The Hall–Kier alpha value is -1.95. The van der Waals surface area contributed by atoms with Crippen LogP contribution in [0.5, 0.6) is 0 Å². The molecule has 2 amide bonds. The molecule has 0 unspecified atom stereocenters. The predicted molar refractivity (Wildman–Crippen MR) is 65.2 cm³/mol. The molecule has 0 fully saturated rings. The van der Waals surface area contributed by atoms with Crippen molar-refractivity contribution in [1.82, 2.24) is 10.6 Å². The average Bonchev–Trinajstić information content (AvgIpc) is 2.38. The summed E-state index contributed by atoms with van der Waals surface area (Å²) in [6.07, 6.45) is 0.406. The molecule has 18 heavy (non-hydrogen) atoms. The molecule has 98 valence electrons. The first-order valence-corrected chi connectivity index (χ1v) is 5.60. The SMILES string of the molecule is NCC(=O)NCC(=O)NCCc1ccccc1F. The molecule has 4 N–H and O–H groups in total. The highest BCUT2D eigenvalue weighted by Gasteiger charge is 2.04. The minimum Gasteiger partial charge on any atom is -0.354 e. The first-order valence-electron chi connectivity index (χ1n) is 5.60. The second kappa shape index (κ2) is 7.39. The van der Waals surface area contributed by atoms with Crippen LogP contribution < -0.4 is 16.4 Å². The molecular formula is C12H16FN3O2. The van der Waals surface area contributed by atoms with E-state index in [9.17, 15) is 14.0 Å². The number of amides is 2. The second-order valence-electron chi connectivity index (χ2n) is 3.67. The molecule has 0 atom stereocenters. The summed E-state index contributed by atoms with van der Waals surface area (Å²) < 4.78 is 13.2. The molecule has 0 aliphatic rings. The first kappa shape index (κ1) is 14.1. The van der Waals surface area contributed by atoms with Crippen molar-refractivity contribution in [1.29, 1.82) is 0 Å². The average molecular weight is 253 g/mol. The fourth-order valence-corrected chi connectivity index (χ4v) is 1.35. The Morgan fingerprint density at radius 2 is 1.89 bits per heavy atom. The summed E-state index contributed by atoms with van der Waals surface area (Å²) in [5.74, 6) is -1.00. The minimum atomic E-state index is -0.390. The maximum Gasteiger partial charge on any atom is 0.239 e. The molecule has 0 heterocycles. The number of hydrogen-bond acceptors (Lipinski definition) is 3. The molecule has 6 heteroatoms. The van der Waals surface area contributed by atoms with Gasteiger partial charge in [0.1, 0.15) is 5.82 Å². The number of hydrogen-bond donors (Lipinski definition) is 3. The molecule has 1 rings (SSSR count). The third-order valence-electron chi connectivity index (χ3n) is 2.31. The van der Waals surface area contributed by atoms with E-state index in [4.69, 9.17) is 5.73 Å². The van der Waals surface area contributed by atoms with Crippen LogP contribution in [0.4, 0.5) is 4.39 Å². The maximum absolute atomic E-state index is 13.2. The normalized spacial score (nSPS) is 9.89. The molecule has 1 aromatic carbocycles. The number of nitrogens with one attached hydrogen (secondary N) is 2. The van der Waals surface area contributed by atoms with E-state index in [0.29, 0.717) is 18.5 Å². The van der Waals surface area contributed by atoms with Gasteiger partial charge in [-0.1, -0.05) is 18.2 Å². The van der Waals surface area contributed by atoms with Gasteiger partial charge >= 0.3 is 0 Å². The van der Waals surface area contributed by atoms with Crippen molar-refractivity contribution in [2.45, 2.75) is 6.42 Å². The van der Waals surface area contributed by atoms with E-state index in [1.807, 2.05) is 0 Å². The molecule has 1 aromatic rings. The lowest BCUT2D eigenvalue weighted by Crippen LogP contribution is -2.40. The van der Waals surface area contributed by atoms with Crippen LogP contribution in [0.15, 0.2) is 24.3 Å². The van der Waals surface area contributed by atoms with Crippen molar-refractivity contribution in [3.8, 4) is 0 Å². The Morgan fingerprint density at radius 3 is 2.56 bits per heavy atom. The lowest BCUT2D eigenvalue weighted by Gasteiger charge is -2.06. The van der Waals surface area contributed by atoms with Crippen molar-refractivity contribution >= 4 is 11.8 Å². The molecule has 0 spiro atoms. The van der Waals surface area contributed by atoms with Gasteiger partial charge in [0.25, 0.3) is 0 Å². The van der Waals surface area contributed by atoms with Crippen LogP contribution in [0.25, 0.3) is 0 Å². The first-order chi connectivity index (χ1) is 8.63. The number of benzene rings is 1. The lowest BCUT2D eigenvalue weighted by atomic mass is 10.1. The molecule has 0 saturated carbocycles. The standard InChI is InChI=1S/C12H16FN3O2/c13-10-4-2-1-3-9(10)5-6-15-12(18)8-16-11(17)7-14/h1-4H,5-8,14H2,(H,15,18)(H,16,17). The highest BCUT2D eigenvalue weighted by Crippen LogP contribution is 2.05. The van der Waals surface area contributed by atoms with Gasteiger partial charge in [-0.05, 0) is 18.1 Å². The number of halogens is 1. The lowest BCUT2D eigenvalue weighted by molar-refractivity contribution is -0.125. The van der Waals surface area contributed by atoms with Gasteiger partial charge in [0, 0.05) is 6.54 Å². The highest BCUT2D eigenvalue weighted by atomic mass is 19.1. The summed E-state index contributed by atoms with van der Waals surface area (Å²) in [6, 6.07) is 6.39. The van der Waals surface area contributed by atoms with Crippen LogP contribution in [0, 0.1) is 5.82 Å². The van der Waals surface area contributed by atoms with E-state index < -0.39 is 0 Å². The molecule has 0 aliphatic carbocycles. The Morgan fingerprint density at radius 1 is 1.17 bits per heavy atom. The maximum atomic E-state index is 13.2. The van der Waals surface area contributed by atoms with Crippen LogP contribution in [-0.2, 0) is 16.0 Å². The fourth-order valence-electron chi connectivity index (χ4n) is 1.35. The van der Waals surface area contributed by atoms with Gasteiger partial charge in [-0.2, -0.15) is 0 Å². The van der Waals surface area contributed by atoms with Gasteiger partial charge in [0.05, 0.1) is 13.1 Å². The van der Waals surface area contributed by atoms with Gasteiger partial charge in [-0.15, -0.1) is 0 Å². The van der Waals surface area contributed by atoms with Crippen LogP contribution >= 0.6 is 0 Å². The summed E-state index contributed by atoms with van der Waals surface area (Å²) in [5.41, 5.74) is 5.61. The number of nitrogens with two attached hydrogens (primary N) is 1. The van der Waals surface area contributed by atoms with Gasteiger partial charge in [-0.25, -0.2) is 4.39 Å². The summed E-state index contributed by atoms with van der Waals surface area (Å²) in [4.78, 5) is 22.1. The number of carbonyl (C=O) groups is 2. The zero-order valence-electron chi connectivity index (χ0n) is 9.91. The molecular weight excluding hydrogens is 237 g/mol. The second-order valence-corrected chi connectivity index (χ2v) is 3.67. The van der Waals surface area contributed by atoms with Crippen LogP contribution in [0.3, 0.4) is 0 Å². The van der Waals surface area contributed by atoms with Gasteiger partial charge < -0.3 is 16.4 Å². The third kappa shape index (κ3) is 4.92. The Kier molecular flexibility index (Phi) is 5.79. The topological polar surface area (TPSA) is 84.2 Å². The van der Waals surface area contributed by atoms with E-state index in [2.05, 4.69) is 10.6 Å². The van der Waals surface area contributed by atoms with E-state index in [1.165, 1.54) is 6.07 Å². The van der Waals surface area contributed by atoms with E-state index in [-0.39, 0.29) is 30.7 Å². The highest BCUT2D eigenvalue weighted by molar-refractivity contribution is 5.85. The zero-order chi connectivity index (χ0) is 13.4. The van der Waals surface area contributed by atoms with Gasteiger partial charge in [0.2, 0.25) is 11.8 Å². The summed E-state index contributed by atoms with van der Waals surface area (Å²) in [7, 11) is 0. The molecule has 0 aromatic heterocycles. The van der Waals surface area contributed by atoms with Crippen LogP contribution in [0.1, 0.15) is 5.56 Å². The molecule has 0 aliphatic heterocycles. The van der Waals surface area contributed by atoms with Crippen molar-refractivity contribution in [3.05, 3.63) is 35.6 Å². The number of rotatable bonds is 6. The fraction of sp³-hybridized carbons (Fsp3) is 0.333. The Bertz CT molecular complexity index is 424. The summed E-state index contributed by atoms with van der Waals surface area (Å²) in [5, 5.41) is 4.92. The monoisotopic (exact) mass is 253 g/mol. The Balaban J connectivity index is 2.24. The van der Waals surface area contributed by atoms with Crippen molar-refractivity contribution in [2.24, 2.45) is 5.73 Å². The van der Waals surface area contributed by atoms with E-state index in [0.717, 1.165) is 0 Å². The van der Waals surface area contributed by atoms with Gasteiger partial charge in [-0.3, -0.25) is 9.59 Å². The van der Waals surface area contributed by atoms with Crippen molar-refractivity contribution in [3.63, 3.8) is 0 Å². The minimum absolute atomic E-state index is 0.118. The summed E-state index contributed by atoms with van der Waals surface area (Å²) >= 11 is 0. The van der Waals surface area contributed by atoms with Crippen molar-refractivity contribution in [2.75, 3.05) is 19.6 Å². The van der Waals surface area contributed by atoms with Gasteiger partial charge in [0.15, 0.2) is 0 Å². The molecule has 0 bridgehead atoms. The van der Waals surface area contributed by atoms with Crippen LogP contribution in [0.2, 0.25) is 0 Å². The number of carbonyl (C=O) groups excluding carboxylic acids is 2. The third-order valence-corrected chi connectivity index (χ3v) is 2.31. The van der Waals surface area contributed by atoms with Crippen molar-refractivity contribution < 1.29 is 14.0 Å². The molecule has 0 radical (unpaired) electrons. The quantitative estimate of drug-likeness (QED) is 0.642. The molecule has 5 nitrogen and oxygen atoms in total.